The fourth-order valence-corrected chi connectivity index (χ4v) is 2.29. The summed E-state index contributed by atoms with van der Waals surface area (Å²) in [6, 6.07) is 0. The van der Waals surface area contributed by atoms with Gasteiger partial charge in [-0.3, -0.25) is 4.79 Å². The van der Waals surface area contributed by atoms with Gasteiger partial charge >= 0.3 is 0 Å². The van der Waals surface area contributed by atoms with Gasteiger partial charge in [-0.2, -0.15) is 11.8 Å². The summed E-state index contributed by atoms with van der Waals surface area (Å²) in [5.74, 6) is 0.826. The summed E-state index contributed by atoms with van der Waals surface area (Å²) in [4.78, 5) is 11.7. The van der Waals surface area contributed by atoms with Gasteiger partial charge in [0.15, 0.2) is 0 Å². The minimum absolute atomic E-state index is 0.254. The molecule has 0 aromatic carbocycles. The molecule has 0 radical (unpaired) electrons. The normalized spacial score (nSPS) is 13.4. The lowest BCUT2D eigenvalue weighted by atomic mass is 10.0. The Balaban J connectivity index is 4.02. The van der Waals surface area contributed by atoms with Crippen LogP contribution in [0.4, 0.5) is 0 Å². The monoisotopic (exact) mass is 279 g/mol. The molecule has 1 atom stereocenters. The number of thioether (sulfide) groups is 1. The lowest BCUT2D eigenvalue weighted by Crippen LogP contribution is -2.57. The van der Waals surface area contributed by atoms with Crippen molar-refractivity contribution in [3.8, 4) is 0 Å². The zero-order chi connectivity index (χ0) is 14.0. The second kappa shape index (κ2) is 9.61. The maximum Gasteiger partial charge on any atom is 0.220 e. The van der Waals surface area contributed by atoms with Crippen LogP contribution in [0.2, 0.25) is 0 Å². The minimum Gasteiger partial charge on any atom is -0.394 e. The molecule has 18 heavy (non-hydrogen) atoms. The summed E-state index contributed by atoms with van der Waals surface area (Å²) < 4.78 is 0. The van der Waals surface area contributed by atoms with Crippen molar-refractivity contribution in [3.05, 3.63) is 0 Å². The summed E-state index contributed by atoms with van der Waals surface area (Å²) in [5, 5.41) is 30.1. The zero-order valence-electron chi connectivity index (χ0n) is 11.2. The SMILES string of the molecule is CCCSC(C)CCC(=O)NC(CO)(CO)CO. The van der Waals surface area contributed by atoms with Crippen molar-refractivity contribution in [2.45, 2.75) is 43.9 Å². The first-order valence-corrected chi connectivity index (χ1v) is 7.33. The molecule has 1 unspecified atom stereocenters. The molecule has 0 aliphatic rings. The molecule has 0 aromatic heterocycles. The van der Waals surface area contributed by atoms with Crippen LogP contribution < -0.4 is 5.32 Å². The molecule has 6 heteroatoms. The second-order valence-corrected chi connectivity index (χ2v) is 6.07. The van der Waals surface area contributed by atoms with E-state index in [4.69, 9.17) is 15.3 Å². The Labute approximate surface area is 113 Å². The molecule has 108 valence electrons. The minimum atomic E-state index is -1.31. The van der Waals surface area contributed by atoms with E-state index >= 15 is 0 Å². The van der Waals surface area contributed by atoms with Crippen LogP contribution in [0.1, 0.15) is 33.1 Å². The molecule has 0 aliphatic heterocycles. The third-order valence-electron chi connectivity index (χ3n) is 2.70. The van der Waals surface area contributed by atoms with E-state index in [0.29, 0.717) is 11.7 Å². The Morgan fingerprint density at radius 2 is 1.83 bits per heavy atom. The highest BCUT2D eigenvalue weighted by molar-refractivity contribution is 7.99. The van der Waals surface area contributed by atoms with Gasteiger partial charge in [-0.05, 0) is 18.6 Å². The molecule has 0 saturated carbocycles. The van der Waals surface area contributed by atoms with Gasteiger partial charge < -0.3 is 20.6 Å². The molecule has 4 N–H and O–H groups in total. The first-order valence-electron chi connectivity index (χ1n) is 6.28. The Kier molecular flexibility index (Phi) is 9.45. The summed E-state index contributed by atoms with van der Waals surface area (Å²) in [5.41, 5.74) is -1.31. The van der Waals surface area contributed by atoms with Gasteiger partial charge in [-0.25, -0.2) is 0 Å². The van der Waals surface area contributed by atoms with Crippen LogP contribution in [0.5, 0.6) is 0 Å². The number of hydrogen-bond acceptors (Lipinski definition) is 5. The van der Waals surface area contributed by atoms with Crippen molar-refractivity contribution >= 4 is 17.7 Å². The highest BCUT2D eigenvalue weighted by atomic mass is 32.2. The third-order valence-corrected chi connectivity index (χ3v) is 4.15. The number of rotatable bonds is 10. The van der Waals surface area contributed by atoms with Gasteiger partial charge in [-0.1, -0.05) is 13.8 Å². The quantitative estimate of drug-likeness (QED) is 0.456. The van der Waals surface area contributed by atoms with Gasteiger partial charge in [0.2, 0.25) is 5.91 Å². The number of aliphatic hydroxyl groups excluding tert-OH is 3. The summed E-state index contributed by atoms with van der Waals surface area (Å²) in [7, 11) is 0. The van der Waals surface area contributed by atoms with Crippen molar-refractivity contribution in [2.75, 3.05) is 25.6 Å². The average Bonchev–Trinajstić information content (AvgIpc) is 2.40. The predicted molar refractivity (Wildman–Crippen MR) is 73.6 cm³/mol. The smallest absolute Gasteiger partial charge is 0.220 e. The molecule has 0 heterocycles. The Morgan fingerprint density at radius 1 is 1.28 bits per heavy atom. The predicted octanol–water partition coefficient (Wildman–Crippen LogP) is 0.130. The topological polar surface area (TPSA) is 89.8 Å². The molecule has 0 fully saturated rings. The van der Waals surface area contributed by atoms with E-state index in [1.165, 1.54) is 0 Å². The van der Waals surface area contributed by atoms with E-state index in [0.717, 1.165) is 18.6 Å². The van der Waals surface area contributed by atoms with E-state index in [2.05, 4.69) is 19.2 Å². The molecule has 0 aliphatic carbocycles. The number of amides is 1. The highest BCUT2D eigenvalue weighted by Gasteiger charge is 2.29. The van der Waals surface area contributed by atoms with Gasteiger partial charge in [-0.15, -0.1) is 0 Å². The molecular weight excluding hydrogens is 254 g/mol. The maximum atomic E-state index is 11.7. The van der Waals surface area contributed by atoms with Crippen molar-refractivity contribution in [1.82, 2.24) is 5.32 Å². The second-order valence-electron chi connectivity index (χ2n) is 4.52. The Bertz CT molecular complexity index is 226. The van der Waals surface area contributed by atoms with Crippen molar-refractivity contribution in [3.63, 3.8) is 0 Å². The molecular formula is C12H25NO4S. The zero-order valence-corrected chi connectivity index (χ0v) is 12.0. The number of carbonyl (C=O) groups excluding carboxylic acids is 1. The number of carbonyl (C=O) groups is 1. The van der Waals surface area contributed by atoms with E-state index in [1.807, 2.05) is 11.8 Å². The van der Waals surface area contributed by atoms with Crippen LogP contribution in [0.15, 0.2) is 0 Å². The molecule has 0 aromatic rings. The standard InChI is InChI=1S/C12H25NO4S/c1-3-6-18-10(2)4-5-11(17)13-12(7-14,8-15)9-16/h10,14-16H,3-9H2,1-2H3,(H,13,17). The van der Waals surface area contributed by atoms with Crippen LogP contribution in [0.25, 0.3) is 0 Å². The summed E-state index contributed by atoms with van der Waals surface area (Å²) in [6.45, 7) is 2.75. The van der Waals surface area contributed by atoms with Crippen LogP contribution in [-0.2, 0) is 4.79 Å². The van der Waals surface area contributed by atoms with Gasteiger partial charge in [0.25, 0.3) is 0 Å². The van der Waals surface area contributed by atoms with Gasteiger partial charge in [0.05, 0.1) is 19.8 Å². The summed E-state index contributed by atoms with van der Waals surface area (Å²) in [6.07, 6.45) is 2.19. The summed E-state index contributed by atoms with van der Waals surface area (Å²) >= 11 is 1.83. The van der Waals surface area contributed by atoms with Crippen molar-refractivity contribution in [1.29, 1.82) is 0 Å². The molecule has 0 rings (SSSR count). The first kappa shape index (κ1) is 17.7. The molecule has 0 saturated heterocycles. The van der Waals surface area contributed by atoms with E-state index in [-0.39, 0.29) is 5.91 Å². The highest BCUT2D eigenvalue weighted by Crippen LogP contribution is 2.16. The molecule has 5 nitrogen and oxygen atoms in total. The lowest BCUT2D eigenvalue weighted by molar-refractivity contribution is -0.125. The molecule has 0 spiro atoms. The number of aliphatic hydroxyl groups is 3. The fraction of sp³-hybridized carbons (Fsp3) is 0.917. The Morgan fingerprint density at radius 3 is 2.28 bits per heavy atom. The van der Waals surface area contributed by atoms with E-state index in [9.17, 15) is 4.79 Å². The lowest BCUT2D eigenvalue weighted by Gasteiger charge is -2.28. The molecule has 1 amide bonds. The average molecular weight is 279 g/mol. The third kappa shape index (κ3) is 6.58. The van der Waals surface area contributed by atoms with Gasteiger partial charge in [0.1, 0.15) is 5.54 Å². The fourth-order valence-electron chi connectivity index (χ4n) is 1.36. The first-order chi connectivity index (χ1) is 8.53. The van der Waals surface area contributed by atoms with E-state index in [1.54, 1.807) is 0 Å². The van der Waals surface area contributed by atoms with Crippen LogP contribution >= 0.6 is 11.8 Å². The van der Waals surface area contributed by atoms with Crippen LogP contribution in [0.3, 0.4) is 0 Å². The van der Waals surface area contributed by atoms with Crippen molar-refractivity contribution < 1.29 is 20.1 Å². The van der Waals surface area contributed by atoms with Crippen LogP contribution in [-0.4, -0.2) is 57.6 Å². The Hall–Kier alpha value is -0.300. The molecule has 0 bridgehead atoms. The largest absolute Gasteiger partial charge is 0.394 e. The van der Waals surface area contributed by atoms with Crippen LogP contribution in [0, 0.1) is 0 Å². The van der Waals surface area contributed by atoms with Crippen molar-refractivity contribution in [2.24, 2.45) is 0 Å². The maximum absolute atomic E-state index is 11.7. The number of hydrogen-bond donors (Lipinski definition) is 4. The van der Waals surface area contributed by atoms with Gasteiger partial charge in [0, 0.05) is 11.7 Å². The number of nitrogens with one attached hydrogen (secondary N) is 1. The van der Waals surface area contributed by atoms with E-state index < -0.39 is 25.4 Å².